The number of aromatic nitrogens is 1. The quantitative estimate of drug-likeness (QED) is 0.656. The van der Waals surface area contributed by atoms with Crippen molar-refractivity contribution in [3.8, 4) is 11.3 Å². The Morgan fingerprint density at radius 3 is 2.77 bits per heavy atom. The summed E-state index contributed by atoms with van der Waals surface area (Å²) in [7, 11) is 0. The number of benzene rings is 2. The predicted molar refractivity (Wildman–Crippen MR) is 99.7 cm³/mol. The number of aromatic amines is 1. The molecule has 5 nitrogen and oxygen atoms in total. The zero-order valence-electron chi connectivity index (χ0n) is 14.2. The van der Waals surface area contributed by atoms with E-state index in [2.05, 4.69) is 15.6 Å². The molecule has 0 aliphatic carbocycles. The number of hydrogen-bond acceptors (Lipinski definition) is 2. The van der Waals surface area contributed by atoms with E-state index >= 15 is 0 Å². The number of para-hydroxylation sites is 1. The molecule has 6 heteroatoms. The first-order valence-electron chi connectivity index (χ1n) is 8.74. The van der Waals surface area contributed by atoms with E-state index in [0.717, 1.165) is 41.6 Å². The third-order valence-corrected chi connectivity index (χ3v) is 4.59. The smallest absolute Gasteiger partial charge is 0.319 e. The number of hydrogen-bond donors (Lipinski definition) is 3. The van der Waals surface area contributed by atoms with Gasteiger partial charge in [0.2, 0.25) is 0 Å². The van der Waals surface area contributed by atoms with Gasteiger partial charge in [0.05, 0.1) is 17.5 Å². The van der Waals surface area contributed by atoms with Crippen molar-refractivity contribution >= 4 is 22.6 Å². The highest BCUT2D eigenvalue weighted by molar-refractivity contribution is 6.07. The average Bonchev–Trinajstić information content (AvgIpc) is 3.29. The molecule has 0 radical (unpaired) electrons. The van der Waals surface area contributed by atoms with Crippen LogP contribution < -0.4 is 10.6 Å². The minimum absolute atomic E-state index is 0.0836. The molecule has 1 fully saturated rings. The van der Waals surface area contributed by atoms with E-state index in [1.807, 2.05) is 24.3 Å². The molecule has 26 heavy (non-hydrogen) atoms. The first-order valence-corrected chi connectivity index (χ1v) is 8.74. The van der Waals surface area contributed by atoms with E-state index in [4.69, 9.17) is 4.74 Å². The first-order chi connectivity index (χ1) is 12.7. The number of nitrogens with one attached hydrogen (secondary N) is 3. The van der Waals surface area contributed by atoms with Crippen molar-refractivity contribution < 1.29 is 13.9 Å². The van der Waals surface area contributed by atoms with Gasteiger partial charge in [-0.2, -0.15) is 0 Å². The second-order valence-corrected chi connectivity index (χ2v) is 6.40. The van der Waals surface area contributed by atoms with Crippen LogP contribution in [0.15, 0.2) is 48.5 Å². The lowest BCUT2D eigenvalue weighted by atomic mass is 10.1. The second-order valence-electron chi connectivity index (χ2n) is 6.40. The van der Waals surface area contributed by atoms with Crippen molar-refractivity contribution in [2.75, 3.05) is 18.5 Å². The van der Waals surface area contributed by atoms with Crippen LogP contribution in [-0.2, 0) is 4.74 Å². The molecule has 134 valence electrons. The lowest BCUT2D eigenvalue weighted by molar-refractivity contribution is 0.112. The number of H-pyrrole nitrogens is 1. The van der Waals surface area contributed by atoms with Gasteiger partial charge >= 0.3 is 6.03 Å². The van der Waals surface area contributed by atoms with Crippen LogP contribution in [0.1, 0.15) is 12.8 Å². The number of ether oxygens (including phenoxy) is 1. The Balaban J connectivity index is 1.60. The lowest BCUT2D eigenvalue weighted by Gasteiger charge is -2.12. The van der Waals surface area contributed by atoms with Crippen LogP contribution in [0.4, 0.5) is 14.9 Å². The van der Waals surface area contributed by atoms with Gasteiger partial charge < -0.3 is 20.4 Å². The lowest BCUT2D eigenvalue weighted by Crippen LogP contribution is -2.35. The van der Waals surface area contributed by atoms with Gasteiger partial charge in [-0.25, -0.2) is 9.18 Å². The van der Waals surface area contributed by atoms with Crippen molar-refractivity contribution in [1.82, 2.24) is 10.3 Å². The standard InChI is InChI=1S/C20H20FN3O2/c21-14-9-7-13(8-10-14)18-19(16-5-1-2-6-17(16)23-18)24-20(25)22-12-15-4-3-11-26-15/h1-2,5-10,15,23H,3-4,11-12H2,(H2,22,24,25)/t15-/m0/s1. The summed E-state index contributed by atoms with van der Waals surface area (Å²) < 4.78 is 18.8. The molecule has 1 aliphatic heterocycles. The molecule has 4 rings (SSSR count). The van der Waals surface area contributed by atoms with Gasteiger partial charge in [0.15, 0.2) is 0 Å². The number of urea groups is 1. The summed E-state index contributed by atoms with van der Waals surface area (Å²) in [4.78, 5) is 15.7. The number of carbonyl (C=O) groups is 1. The Morgan fingerprint density at radius 2 is 2.00 bits per heavy atom. The SMILES string of the molecule is O=C(NC[C@@H]1CCCO1)Nc1c(-c2ccc(F)cc2)[nH]c2ccccc12. The Morgan fingerprint density at radius 1 is 1.19 bits per heavy atom. The van der Waals surface area contributed by atoms with Gasteiger partial charge in [-0.1, -0.05) is 18.2 Å². The third kappa shape index (κ3) is 3.41. The minimum atomic E-state index is -0.298. The van der Waals surface area contributed by atoms with Crippen LogP contribution in [0.5, 0.6) is 0 Å². The number of fused-ring (bicyclic) bond motifs is 1. The first kappa shape index (κ1) is 16.6. The van der Waals surface area contributed by atoms with Gasteiger partial charge in [-0.15, -0.1) is 0 Å². The van der Waals surface area contributed by atoms with Crippen molar-refractivity contribution in [3.05, 3.63) is 54.3 Å². The fourth-order valence-electron chi connectivity index (χ4n) is 3.27. The Bertz CT molecular complexity index is 914. The molecule has 1 aromatic heterocycles. The van der Waals surface area contributed by atoms with Crippen molar-refractivity contribution in [1.29, 1.82) is 0 Å². The molecule has 0 spiro atoms. The Hall–Kier alpha value is -2.86. The highest BCUT2D eigenvalue weighted by Crippen LogP contribution is 2.35. The largest absolute Gasteiger partial charge is 0.376 e. The van der Waals surface area contributed by atoms with E-state index in [0.29, 0.717) is 12.2 Å². The molecule has 3 aromatic rings. The van der Waals surface area contributed by atoms with Gasteiger partial charge in [0, 0.05) is 29.6 Å². The van der Waals surface area contributed by atoms with E-state index in [-0.39, 0.29) is 18.0 Å². The highest BCUT2D eigenvalue weighted by atomic mass is 19.1. The molecule has 2 heterocycles. The minimum Gasteiger partial charge on any atom is -0.376 e. The normalized spacial score (nSPS) is 16.7. The van der Waals surface area contributed by atoms with Gasteiger partial charge in [-0.3, -0.25) is 0 Å². The predicted octanol–water partition coefficient (Wildman–Crippen LogP) is 4.27. The van der Waals surface area contributed by atoms with Crippen molar-refractivity contribution in [2.45, 2.75) is 18.9 Å². The summed E-state index contributed by atoms with van der Waals surface area (Å²) in [6.45, 7) is 1.24. The van der Waals surface area contributed by atoms with Crippen LogP contribution in [0.25, 0.3) is 22.2 Å². The highest BCUT2D eigenvalue weighted by Gasteiger charge is 2.18. The van der Waals surface area contributed by atoms with E-state index in [1.165, 1.54) is 12.1 Å². The fourth-order valence-corrected chi connectivity index (χ4v) is 3.27. The van der Waals surface area contributed by atoms with Crippen molar-refractivity contribution in [2.24, 2.45) is 0 Å². The maximum atomic E-state index is 13.3. The van der Waals surface area contributed by atoms with Gasteiger partial charge in [0.1, 0.15) is 5.82 Å². The molecule has 0 bridgehead atoms. The molecule has 2 amide bonds. The van der Waals surface area contributed by atoms with Crippen LogP contribution in [0, 0.1) is 5.82 Å². The van der Waals surface area contributed by atoms with Crippen molar-refractivity contribution in [3.63, 3.8) is 0 Å². The molecule has 2 aromatic carbocycles. The Kier molecular flexibility index (Phi) is 4.58. The molecular weight excluding hydrogens is 333 g/mol. The number of anilines is 1. The average molecular weight is 353 g/mol. The van der Waals surface area contributed by atoms with Gasteiger partial charge in [-0.05, 0) is 43.2 Å². The zero-order chi connectivity index (χ0) is 17.9. The maximum Gasteiger partial charge on any atom is 0.319 e. The third-order valence-electron chi connectivity index (χ3n) is 4.59. The van der Waals surface area contributed by atoms with E-state index in [1.54, 1.807) is 12.1 Å². The maximum absolute atomic E-state index is 13.3. The van der Waals surface area contributed by atoms with Gasteiger partial charge in [0.25, 0.3) is 0 Å². The summed E-state index contributed by atoms with van der Waals surface area (Å²) in [5, 5.41) is 6.71. The van der Waals surface area contributed by atoms with Crippen LogP contribution >= 0.6 is 0 Å². The summed E-state index contributed by atoms with van der Waals surface area (Å²) in [6, 6.07) is 13.6. The number of halogens is 1. The number of amides is 2. The number of rotatable bonds is 4. The molecular formula is C20H20FN3O2. The van der Waals surface area contributed by atoms with Crippen LogP contribution in [-0.4, -0.2) is 30.3 Å². The number of carbonyl (C=O) groups excluding carboxylic acids is 1. The summed E-state index contributed by atoms with van der Waals surface area (Å²) in [5.74, 6) is -0.298. The van der Waals surface area contributed by atoms with Crippen LogP contribution in [0.3, 0.4) is 0 Å². The van der Waals surface area contributed by atoms with E-state index in [9.17, 15) is 9.18 Å². The molecule has 0 saturated carbocycles. The molecule has 1 aliphatic rings. The summed E-state index contributed by atoms with van der Waals surface area (Å²) in [6.07, 6.45) is 2.08. The van der Waals surface area contributed by atoms with E-state index < -0.39 is 0 Å². The fraction of sp³-hybridized carbons (Fsp3) is 0.250. The van der Waals surface area contributed by atoms with Crippen LogP contribution in [0.2, 0.25) is 0 Å². The monoisotopic (exact) mass is 353 g/mol. The summed E-state index contributed by atoms with van der Waals surface area (Å²) in [5.41, 5.74) is 3.13. The topological polar surface area (TPSA) is 66.2 Å². The second kappa shape index (κ2) is 7.17. The summed E-state index contributed by atoms with van der Waals surface area (Å²) >= 11 is 0. The zero-order valence-corrected chi connectivity index (χ0v) is 14.2. The molecule has 0 unspecified atom stereocenters. The molecule has 1 saturated heterocycles. The molecule has 3 N–H and O–H groups in total. The Labute approximate surface area is 150 Å². The molecule has 1 atom stereocenters.